The van der Waals surface area contributed by atoms with Gasteiger partial charge in [-0.2, -0.15) is 0 Å². The molecule has 0 fully saturated rings. The predicted molar refractivity (Wildman–Crippen MR) is 72.4 cm³/mol. The van der Waals surface area contributed by atoms with Gasteiger partial charge >= 0.3 is 0 Å². The molecular formula is C14H24N2O2. The number of pyridine rings is 1. The number of methoxy groups -OCH3 is 1. The minimum absolute atomic E-state index is 0.0960. The van der Waals surface area contributed by atoms with Crippen LogP contribution in [0.2, 0.25) is 0 Å². The summed E-state index contributed by atoms with van der Waals surface area (Å²) in [5.74, 6) is 0. The average Bonchev–Trinajstić information content (AvgIpc) is 2.38. The largest absolute Gasteiger partial charge is 0.382 e. The van der Waals surface area contributed by atoms with Crippen molar-refractivity contribution >= 4 is 0 Å². The molecule has 1 aromatic rings. The van der Waals surface area contributed by atoms with Crippen molar-refractivity contribution in [2.24, 2.45) is 0 Å². The standard InChI is InChI=1S/C14H24N2O2/c1-4-8-15-9-13-6-5-7-14(16-13)11-18-12(2)10-17-3/h5-7,12,15H,4,8-11H2,1-3H3. The molecule has 1 aromatic heterocycles. The molecule has 0 saturated heterocycles. The summed E-state index contributed by atoms with van der Waals surface area (Å²) in [4.78, 5) is 4.55. The Morgan fingerprint density at radius 1 is 1.33 bits per heavy atom. The predicted octanol–water partition coefficient (Wildman–Crippen LogP) is 2.13. The van der Waals surface area contributed by atoms with Gasteiger partial charge in [0, 0.05) is 13.7 Å². The molecule has 0 aliphatic heterocycles. The summed E-state index contributed by atoms with van der Waals surface area (Å²) in [5, 5.41) is 3.34. The Morgan fingerprint density at radius 3 is 2.83 bits per heavy atom. The number of ether oxygens (including phenoxy) is 2. The van der Waals surface area contributed by atoms with Crippen LogP contribution in [0.5, 0.6) is 0 Å². The number of nitrogens with one attached hydrogen (secondary N) is 1. The highest BCUT2D eigenvalue weighted by Crippen LogP contribution is 2.03. The highest BCUT2D eigenvalue weighted by atomic mass is 16.5. The summed E-state index contributed by atoms with van der Waals surface area (Å²) in [6.45, 7) is 7.13. The molecule has 102 valence electrons. The lowest BCUT2D eigenvalue weighted by Gasteiger charge is -2.12. The summed E-state index contributed by atoms with van der Waals surface area (Å²) in [7, 11) is 1.68. The van der Waals surface area contributed by atoms with Gasteiger partial charge in [-0.1, -0.05) is 13.0 Å². The zero-order chi connectivity index (χ0) is 13.2. The molecule has 0 aromatic carbocycles. The first-order chi connectivity index (χ1) is 8.76. The van der Waals surface area contributed by atoms with Crippen molar-refractivity contribution in [2.75, 3.05) is 20.3 Å². The third-order valence-electron chi connectivity index (χ3n) is 2.51. The van der Waals surface area contributed by atoms with E-state index in [1.165, 1.54) is 0 Å². The van der Waals surface area contributed by atoms with Gasteiger partial charge in [-0.15, -0.1) is 0 Å². The minimum Gasteiger partial charge on any atom is -0.382 e. The van der Waals surface area contributed by atoms with E-state index in [2.05, 4.69) is 17.2 Å². The Bertz CT molecular complexity index is 331. The lowest BCUT2D eigenvalue weighted by Crippen LogP contribution is -2.17. The van der Waals surface area contributed by atoms with Crippen LogP contribution in [0.25, 0.3) is 0 Å². The van der Waals surface area contributed by atoms with Gasteiger partial charge in [0.15, 0.2) is 0 Å². The lowest BCUT2D eigenvalue weighted by atomic mass is 10.3. The first-order valence-electron chi connectivity index (χ1n) is 6.52. The van der Waals surface area contributed by atoms with Gasteiger partial charge in [0.05, 0.1) is 30.7 Å². The van der Waals surface area contributed by atoms with Crippen LogP contribution in [0.4, 0.5) is 0 Å². The quantitative estimate of drug-likeness (QED) is 0.684. The van der Waals surface area contributed by atoms with Gasteiger partial charge in [-0.3, -0.25) is 4.98 Å². The molecule has 0 aliphatic carbocycles. The van der Waals surface area contributed by atoms with E-state index in [0.717, 1.165) is 30.9 Å². The fraction of sp³-hybridized carbons (Fsp3) is 0.643. The van der Waals surface area contributed by atoms with E-state index >= 15 is 0 Å². The van der Waals surface area contributed by atoms with E-state index < -0.39 is 0 Å². The second-order valence-corrected chi connectivity index (χ2v) is 4.37. The molecule has 1 heterocycles. The third kappa shape index (κ3) is 6.10. The topological polar surface area (TPSA) is 43.4 Å². The fourth-order valence-electron chi connectivity index (χ4n) is 1.61. The van der Waals surface area contributed by atoms with E-state index in [9.17, 15) is 0 Å². The summed E-state index contributed by atoms with van der Waals surface area (Å²) in [5.41, 5.74) is 2.03. The molecule has 4 heteroatoms. The molecule has 4 nitrogen and oxygen atoms in total. The normalized spacial score (nSPS) is 12.6. The van der Waals surface area contributed by atoms with Crippen LogP contribution < -0.4 is 5.32 Å². The highest BCUT2D eigenvalue weighted by molar-refractivity contribution is 5.10. The van der Waals surface area contributed by atoms with Crippen molar-refractivity contribution in [1.29, 1.82) is 0 Å². The first-order valence-corrected chi connectivity index (χ1v) is 6.52. The summed E-state index contributed by atoms with van der Waals surface area (Å²) in [6, 6.07) is 6.04. The van der Waals surface area contributed by atoms with Gasteiger partial charge in [-0.25, -0.2) is 0 Å². The van der Waals surface area contributed by atoms with Gasteiger partial charge in [-0.05, 0) is 32.0 Å². The maximum absolute atomic E-state index is 5.64. The highest BCUT2D eigenvalue weighted by Gasteiger charge is 2.03. The maximum Gasteiger partial charge on any atom is 0.0892 e. The van der Waals surface area contributed by atoms with Gasteiger partial charge in [0.25, 0.3) is 0 Å². The third-order valence-corrected chi connectivity index (χ3v) is 2.51. The summed E-state index contributed by atoms with van der Waals surface area (Å²) >= 11 is 0. The second kappa shape index (κ2) is 9.03. The van der Waals surface area contributed by atoms with Crippen LogP contribution >= 0.6 is 0 Å². The molecular weight excluding hydrogens is 228 g/mol. The molecule has 0 aliphatic rings. The maximum atomic E-state index is 5.64. The van der Waals surface area contributed by atoms with Gasteiger partial charge in [0.1, 0.15) is 0 Å². The van der Waals surface area contributed by atoms with E-state index in [4.69, 9.17) is 9.47 Å². The van der Waals surface area contributed by atoms with Crippen LogP contribution in [-0.2, 0) is 22.6 Å². The van der Waals surface area contributed by atoms with E-state index in [1.807, 2.05) is 25.1 Å². The Morgan fingerprint density at radius 2 is 2.11 bits per heavy atom. The average molecular weight is 252 g/mol. The molecule has 1 atom stereocenters. The van der Waals surface area contributed by atoms with Crippen LogP contribution in [-0.4, -0.2) is 31.3 Å². The Labute approximate surface area is 110 Å². The number of hydrogen-bond acceptors (Lipinski definition) is 4. The van der Waals surface area contributed by atoms with Crippen molar-refractivity contribution in [1.82, 2.24) is 10.3 Å². The molecule has 0 bridgehead atoms. The molecule has 0 saturated carbocycles. The van der Waals surface area contributed by atoms with E-state index in [1.54, 1.807) is 7.11 Å². The Kier molecular flexibility index (Phi) is 7.57. The van der Waals surface area contributed by atoms with Crippen molar-refractivity contribution in [3.05, 3.63) is 29.6 Å². The Hall–Kier alpha value is -0.970. The van der Waals surface area contributed by atoms with Crippen molar-refractivity contribution in [3.63, 3.8) is 0 Å². The number of rotatable bonds is 9. The molecule has 18 heavy (non-hydrogen) atoms. The fourth-order valence-corrected chi connectivity index (χ4v) is 1.61. The molecule has 1 unspecified atom stereocenters. The van der Waals surface area contributed by atoms with Crippen LogP contribution in [0.1, 0.15) is 31.7 Å². The van der Waals surface area contributed by atoms with Crippen molar-refractivity contribution in [2.45, 2.75) is 39.5 Å². The molecule has 1 rings (SSSR count). The van der Waals surface area contributed by atoms with E-state index in [0.29, 0.717) is 13.2 Å². The Balaban J connectivity index is 2.39. The van der Waals surface area contributed by atoms with Crippen LogP contribution in [0.3, 0.4) is 0 Å². The molecule has 0 radical (unpaired) electrons. The van der Waals surface area contributed by atoms with Gasteiger partial charge in [0.2, 0.25) is 0 Å². The number of hydrogen-bond donors (Lipinski definition) is 1. The molecule has 0 spiro atoms. The van der Waals surface area contributed by atoms with Crippen molar-refractivity contribution in [3.8, 4) is 0 Å². The second-order valence-electron chi connectivity index (χ2n) is 4.37. The van der Waals surface area contributed by atoms with Gasteiger partial charge < -0.3 is 14.8 Å². The first kappa shape index (κ1) is 15.1. The number of aromatic nitrogens is 1. The molecule has 1 N–H and O–H groups in total. The zero-order valence-corrected chi connectivity index (χ0v) is 11.6. The minimum atomic E-state index is 0.0960. The van der Waals surface area contributed by atoms with Crippen LogP contribution in [0.15, 0.2) is 18.2 Å². The van der Waals surface area contributed by atoms with Crippen molar-refractivity contribution < 1.29 is 9.47 Å². The summed E-state index contributed by atoms with van der Waals surface area (Å²) in [6.07, 6.45) is 1.23. The number of nitrogens with zero attached hydrogens (tertiary/aromatic N) is 1. The molecule has 0 amide bonds. The SMILES string of the molecule is CCCNCc1cccc(COC(C)COC)n1. The zero-order valence-electron chi connectivity index (χ0n) is 11.6. The smallest absolute Gasteiger partial charge is 0.0892 e. The lowest BCUT2D eigenvalue weighted by molar-refractivity contribution is -0.00142. The summed E-state index contributed by atoms with van der Waals surface area (Å²) < 4.78 is 10.7. The van der Waals surface area contributed by atoms with E-state index in [-0.39, 0.29) is 6.10 Å². The monoisotopic (exact) mass is 252 g/mol. The van der Waals surface area contributed by atoms with Crippen LogP contribution in [0, 0.1) is 0 Å².